The van der Waals surface area contributed by atoms with Crippen molar-refractivity contribution >= 4 is 37.1 Å². The van der Waals surface area contributed by atoms with Gasteiger partial charge in [0.05, 0.1) is 0 Å². The van der Waals surface area contributed by atoms with Crippen LogP contribution in [0.15, 0.2) is 0 Å². The molecular weight excluding hydrogens is 319 g/mol. The van der Waals surface area contributed by atoms with Crippen LogP contribution in [0.25, 0.3) is 0 Å². The van der Waals surface area contributed by atoms with Gasteiger partial charge >= 0.3 is 49.2 Å². The summed E-state index contributed by atoms with van der Waals surface area (Å²) in [4.78, 5) is 0. The van der Waals surface area contributed by atoms with Gasteiger partial charge in [-0.15, -0.1) is 0 Å². The second-order valence-corrected chi connectivity index (χ2v) is 29.4. The first-order valence-electron chi connectivity index (χ1n) is 0.690. The summed E-state index contributed by atoms with van der Waals surface area (Å²) in [6, 6.07) is 0. The third kappa shape index (κ3) is 25.5. The Morgan fingerprint density at radius 2 is 1.20 bits per heavy atom. The topological polar surface area (TPSA) is 0 Å². The summed E-state index contributed by atoms with van der Waals surface area (Å²) in [6.45, 7) is 0. The van der Waals surface area contributed by atoms with Gasteiger partial charge in [0.2, 0.25) is 0 Å². The Labute approximate surface area is 48.7 Å². The van der Waals surface area contributed by atoms with E-state index in [2.05, 4.69) is 9.58 Å². The average Bonchev–Trinajstić information content (AvgIpc) is 0.722. The van der Waals surface area contributed by atoms with Crippen LogP contribution in [0.4, 0.5) is 0 Å². The molecule has 0 aliphatic heterocycles. The van der Waals surface area contributed by atoms with Crippen LogP contribution in [0.2, 0.25) is 0 Å². The third-order valence-corrected chi connectivity index (χ3v) is 0. The van der Waals surface area contributed by atoms with Crippen LogP contribution in [-0.2, 0) is 12.0 Å². The van der Waals surface area contributed by atoms with E-state index < -0.39 is 12.0 Å². The monoisotopic (exact) mass is 318 g/mol. The number of hydrogen-bond donors (Lipinski definition) is 0. The standard InChI is InChI=1S/3ClH.S.Ta/h3*1H;;/q;;;;+3/p-3. The molecule has 0 rings (SSSR count). The zero-order chi connectivity index (χ0) is 4.50. The molecule has 32 valence electrons. The van der Waals surface area contributed by atoms with Crippen LogP contribution in [0.1, 0.15) is 0 Å². The van der Waals surface area contributed by atoms with E-state index in [1.54, 1.807) is 0 Å². The second-order valence-electron chi connectivity index (χ2n) is 0.399. The van der Waals surface area contributed by atoms with E-state index in [1.807, 2.05) is 0 Å². The summed E-state index contributed by atoms with van der Waals surface area (Å²) in [6.07, 6.45) is 0. The number of rotatable bonds is 0. The van der Waals surface area contributed by atoms with E-state index in [0.717, 1.165) is 0 Å². The van der Waals surface area contributed by atoms with E-state index >= 15 is 0 Å². The quantitative estimate of drug-likeness (QED) is 0.662. The molecule has 0 aromatic rings. The first-order chi connectivity index (χ1) is 2.00. The Morgan fingerprint density at radius 3 is 1.20 bits per heavy atom. The van der Waals surface area contributed by atoms with Crippen molar-refractivity contribution in [1.29, 1.82) is 0 Å². The predicted molar refractivity (Wildman–Crippen MR) is 25.1 cm³/mol. The van der Waals surface area contributed by atoms with Crippen molar-refractivity contribution in [3.63, 3.8) is 0 Å². The molecule has 0 amide bonds. The summed E-state index contributed by atoms with van der Waals surface area (Å²) < 4.78 is 0. The van der Waals surface area contributed by atoms with Gasteiger partial charge in [0.1, 0.15) is 0 Å². The summed E-state index contributed by atoms with van der Waals surface area (Å²) in [5.41, 5.74) is 0. The van der Waals surface area contributed by atoms with Crippen LogP contribution in [0.5, 0.6) is 0 Å². The molecular formula is Cl3STa. The number of halogens is 3. The Balaban J connectivity index is 3.47. The van der Waals surface area contributed by atoms with Gasteiger partial charge in [-0.3, -0.25) is 0 Å². The van der Waals surface area contributed by atoms with Crippen molar-refractivity contribution in [1.82, 2.24) is 0 Å². The van der Waals surface area contributed by atoms with Gasteiger partial charge in [-0.25, -0.2) is 0 Å². The van der Waals surface area contributed by atoms with Crippen molar-refractivity contribution < 1.29 is 12.0 Å². The molecule has 0 saturated heterocycles. The minimum atomic E-state index is -3.22. The predicted octanol–water partition coefficient (Wildman–Crippen LogP) is 2.71. The maximum absolute atomic E-state index is 5.09. The van der Waals surface area contributed by atoms with Gasteiger partial charge in [0, 0.05) is 0 Å². The molecule has 0 aliphatic carbocycles. The fourth-order valence-corrected chi connectivity index (χ4v) is 0. The molecule has 0 radical (unpaired) electrons. The van der Waals surface area contributed by atoms with Crippen LogP contribution in [0, 0.1) is 0 Å². The van der Waals surface area contributed by atoms with Gasteiger partial charge in [0.15, 0.2) is 0 Å². The molecule has 5 heavy (non-hydrogen) atoms. The van der Waals surface area contributed by atoms with Crippen LogP contribution >= 0.6 is 37.1 Å². The first kappa shape index (κ1) is 6.83. The number of hydrogen-bond acceptors (Lipinski definition) is 1. The SMILES string of the molecule is [S]=[Ta]([Cl])([Cl])[Cl]. The molecule has 0 unspecified atom stereocenters. The zero-order valence-corrected chi connectivity index (χ0v) is 8.29. The van der Waals surface area contributed by atoms with E-state index in [1.165, 1.54) is 0 Å². The Morgan fingerprint density at radius 1 is 1.20 bits per heavy atom. The van der Waals surface area contributed by atoms with Crippen molar-refractivity contribution in [2.75, 3.05) is 0 Å². The molecule has 0 bridgehead atoms. The van der Waals surface area contributed by atoms with Crippen molar-refractivity contribution in [3.05, 3.63) is 0 Å². The maximum atomic E-state index is 5.09. The average molecular weight is 319 g/mol. The summed E-state index contributed by atoms with van der Waals surface area (Å²) in [7, 11) is 19.6. The summed E-state index contributed by atoms with van der Waals surface area (Å²) in [5, 5.41) is 0. The Kier molecular flexibility index (Phi) is 3.03. The van der Waals surface area contributed by atoms with E-state index in [9.17, 15) is 0 Å². The summed E-state index contributed by atoms with van der Waals surface area (Å²) >= 11 is -3.22. The Hall–Kier alpha value is 1.83. The molecule has 5 heteroatoms. The molecule has 0 fully saturated rings. The fourth-order valence-electron chi connectivity index (χ4n) is 0. The van der Waals surface area contributed by atoms with E-state index in [4.69, 9.17) is 27.6 Å². The molecule has 0 spiro atoms. The molecule has 0 saturated carbocycles. The molecule has 0 N–H and O–H groups in total. The van der Waals surface area contributed by atoms with Crippen LogP contribution in [-0.4, -0.2) is 0 Å². The van der Waals surface area contributed by atoms with Gasteiger partial charge < -0.3 is 0 Å². The fraction of sp³-hybridized carbons (Fsp3) is 0. The Bertz CT molecular complexity index is 53.0. The molecule has 0 atom stereocenters. The van der Waals surface area contributed by atoms with Crippen molar-refractivity contribution in [2.24, 2.45) is 0 Å². The third-order valence-electron chi connectivity index (χ3n) is 0. The normalized spacial score (nSPS) is 11.8. The van der Waals surface area contributed by atoms with Gasteiger partial charge in [0.25, 0.3) is 0 Å². The van der Waals surface area contributed by atoms with Crippen molar-refractivity contribution in [3.8, 4) is 0 Å². The van der Waals surface area contributed by atoms with Gasteiger partial charge in [-0.05, 0) is 0 Å². The first-order valence-corrected chi connectivity index (χ1v) is 16.9. The zero-order valence-electron chi connectivity index (χ0n) is 1.99. The van der Waals surface area contributed by atoms with Gasteiger partial charge in [-0.2, -0.15) is 0 Å². The molecule has 0 nitrogen and oxygen atoms in total. The minimum absolute atomic E-state index is 3.22. The molecule has 0 aromatic heterocycles. The second kappa shape index (κ2) is 2.22. The van der Waals surface area contributed by atoms with Crippen LogP contribution in [0.3, 0.4) is 0 Å². The van der Waals surface area contributed by atoms with Gasteiger partial charge in [-0.1, -0.05) is 0 Å². The molecule has 0 heterocycles. The summed E-state index contributed by atoms with van der Waals surface area (Å²) in [5.74, 6) is 0. The molecule has 0 aliphatic rings. The van der Waals surface area contributed by atoms with E-state index in [-0.39, 0.29) is 0 Å². The van der Waals surface area contributed by atoms with Crippen LogP contribution < -0.4 is 0 Å². The molecule has 0 aromatic carbocycles. The van der Waals surface area contributed by atoms with E-state index in [0.29, 0.717) is 0 Å². The van der Waals surface area contributed by atoms with Crippen molar-refractivity contribution in [2.45, 2.75) is 0 Å².